The number of hydrogen-bond acceptors (Lipinski definition) is 2. The molecular weight excluding hydrogens is 244 g/mol. The summed E-state index contributed by atoms with van der Waals surface area (Å²) in [6.07, 6.45) is 0.853. The van der Waals surface area contributed by atoms with Crippen LogP contribution in [-0.2, 0) is 4.74 Å². The van der Waals surface area contributed by atoms with E-state index in [-0.39, 0.29) is 11.7 Å². The molecule has 0 amide bonds. The Morgan fingerprint density at radius 2 is 2.36 bits per heavy atom. The summed E-state index contributed by atoms with van der Waals surface area (Å²) in [5.41, 5.74) is 0.773. The highest BCUT2D eigenvalue weighted by atomic mass is 79.9. The van der Waals surface area contributed by atoms with Gasteiger partial charge in [-0.1, -0.05) is 28.1 Å². The SMILES string of the molecule is O=C(c1cccc(Br)c1)[C@H]1CCOC1. The van der Waals surface area contributed by atoms with E-state index in [0.29, 0.717) is 13.2 Å². The molecule has 2 nitrogen and oxygen atoms in total. The van der Waals surface area contributed by atoms with Crippen molar-refractivity contribution in [3.8, 4) is 0 Å². The fraction of sp³-hybridized carbons (Fsp3) is 0.364. The van der Waals surface area contributed by atoms with Crippen molar-refractivity contribution in [3.05, 3.63) is 34.3 Å². The van der Waals surface area contributed by atoms with E-state index in [1.54, 1.807) is 0 Å². The van der Waals surface area contributed by atoms with Crippen LogP contribution >= 0.6 is 15.9 Å². The van der Waals surface area contributed by atoms with Crippen molar-refractivity contribution in [1.82, 2.24) is 0 Å². The third kappa shape index (κ3) is 2.04. The predicted octanol–water partition coefficient (Wildman–Crippen LogP) is 2.67. The molecule has 1 aliphatic heterocycles. The van der Waals surface area contributed by atoms with Crippen LogP contribution in [-0.4, -0.2) is 19.0 Å². The molecule has 3 heteroatoms. The van der Waals surface area contributed by atoms with Gasteiger partial charge >= 0.3 is 0 Å². The zero-order valence-electron chi connectivity index (χ0n) is 7.70. The molecule has 1 atom stereocenters. The molecule has 2 rings (SSSR count). The summed E-state index contributed by atoms with van der Waals surface area (Å²) in [7, 11) is 0. The van der Waals surface area contributed by atoms with Crippen LogP contribution < -0.4 is 0 Å². The van der Waals surface area contributed by atoms with Crippen LogP contribution in [0.3, 0.4) is 0 Å². The number of rotatable bonds is 2. The van der Waals surface area contributed by atoms with Gasteiger partial charge in [0.15, 0.2) is 5.78 Å². The molecule has 0 spiro atoms. The van der Waals surface area contributed by atoms with Crippen LogP contribution in [0.5, 0.6) is 0 Å². The second-order valence-corrected chi connectivity index (χ2v) is 4.35. The van der Waals surface area contributed by atoms with E-state index in [2.05, 4.69) is 15.9 Å². The number of ether oxygens (including phenoxy) is 1. The summed E-state index contributed by atoms with van der Waals surface area (Å²) < 4.78 is 6.14. The third-order valence-electron chi connectivity index (χ3n) is 2.41. The molecule has 1 aromatic rings. The van der Waals surface area contributed by atoms with Crippen LogP contribution in [0.15, 0.2) is 28.7 Å². The van der Waals surface area contributed by atoms with Crippen LogP contribution in [0.25, 0.3) is 0 Å². The topological polar surface area (TPSA) is 26.3 Å². The Labute approximate surface area is 91.4 Å². The van der Waals surface area contributed by atoms with Crippen molar-refractivity contribution < 1.29 is 9.53 Å². The van der Waals surface area contributed by atoms with E-state index in [9.17, 15) is 4.79 Å². The minimum absolute atomic E-state index is 0.0595. The molecule has 0 bridgehead atoms. The fourth-order valence-corrected chi connectivity index (χ4v) is 2.02. The van der Waals surface area contributed by atoms with Crippen molar-refractivity contribution >= 4 is 21.7 Å². The Kier molecular flexibility index (Phi) is 2.99. The number of carbonyl (C=O) groups is 1. The lowest BCUT2D eigenvalue weighted by atomic mass is 9.97. The molecule has 0 N–H and O–H groups in total. The Morgan fingerprint density at radius 3 is 3.00 bits per heavy atom. The molecule has 1 aromatic carbocycles. The molecule has 1 heterocycles. The van der Waals surface area contributed by atoms with E-state index >= 15 is 0 Å². The molecule has 0 aromatic heterocycles. The molecule has 1 fully saturated rings. The zero-order chi connectivity index (χ0) is 9.97. The predicted molar refractivity (Wildman–Crippen MR) is 57.4 cm³/mol. The minimum atomic E-state index is 0.0595. The lowest BCUT2D eigenvalue weighted by Gasteiger charge is -2.06. The summed E-state index contributed by atoms with van der Waals surface area (Å²) in [6, 6.07) is 7.52. The van der Waals surface area contributed by atoms with Gasteiger partial charge in [-0.25, -0.2) is 0 Å². The Balaban J connectivity index is 2.17. The second-order valence-electron chi connectivity index (χ2n) is 3.44. The van der Waals surface area contributed by atoms with Crippen LogP contribution in [0.1, 0.15) is 16.8 Å². The zero-order valence-corrected chi connectivity index (χ0v) is 9.29. The number of benzene rings is 1. The Hall–Kier alpha value is -0.670. The number of ketones is 1. The molecule has 1 aliphatic rings. The number of Topliss-reactive ketones (excluding diaryl/α,β-unsaturated/α-hetero) is 1. The molecular formula is C11H11BrO2. The summed E-state index contributed by atoms with van der Waals surface area (Å²) in [4.78, 5) is 11.9. The first-order valence-corrected chi connectivity index (χ1v) is 5.44. The molecule has 0 aliphatic carbocycles. The molecule has 1 saturated heterocycles. The van der Waals surface area contributed by atoms with Gasteiger partial charge in [0.25, 0.3) is 0 Å². The van der Waals surface area contributed by atoms with Gasteiger partial charge in [-0.15, -0.1) is 0 Å². The van der Waals surface area contributed by atoms with Gasteiger partial charge in [-0.2, -0.15) is 0 Å². The van der Waals surface area contributed by atoms with Crippen molar-refractivity contribution in [2.24, 2.45) is 5.92 Å². The van der Waals surface area contributed by atoms with E-state index < -0.39 is 0 Å². The number of halogens is 1. The van der Waals surface area contributed by atoms with Crippen molar-refractivity contribution in [2.75, 3.05) is 13.2 Å². The maximum atomic E-state index is 11.9. The van der Waals surface area contributed by atoms with Gasteiger partial charge in [0.2, 0.25) is 0 Å². The molecule has 0 saturated carbocycles. The maximum absolute atomic E-state index is 11.9. The lowest BCUT2D eigenvalue weighted by molar-refractivity contribution is 0.0900. The Morgan fingerprint density at radius 1 is 1.50 bits per heavy atom. The van der Waals surface area contributed by atoms with Gasteiger partial charge < -0.3 is 4.74 Å². The van der Waals surface area contributed by atoms with Crippen molar-refractivity contribution in [1.29, 1.82) is 0 Å². The standard InChI is InChI=1S/C11H11BrO2/c12-10-3-1-2-8(6-10)11(13)9-4-5-14-7-9/h1-3,6,9H,4-5,7H2/t9-/m0/s1. The first-order valence-electron chi connectivity index (χ1n) is 4.65. The van der Waals surface area contributed by atoms with Crippen LogP contribution in [0, 0.1) is 5.92 Å². The van der Waals surface area contributed by atoms with Gasteiger partial charge in [0.05, 0.1) is 6.61 Å². The first-order chi connectivity index (χ1) is 6.77. The quantitative estimate of drug-likeness (QED) is 0.759. The van der Waals surface area contributed by atoms with Gasteiger partial charge in [-0.05, 0) is 18.6 Å². The average molecular weight is 255 g/mol. The van der Waals surface area contributed by atoms with Gasteiger partial charge in [-0.3, -0.25) is 4.79 Å². The smallest absolute Gasteiger partial charge is 0.168 e. The maximum Gasteiger partial charge on any atom is 0.168 e. The van der Waals surface area contributed by atoms with Gasteiger partial charge in [0, 0.05) is 22.6 Å². The minimum Gasteiger partial charge on any atom is -0.381 e. The van der Waals surface area contributed by atoms with Crippen molar-refractivity contribution in [2.45, 2.75) is 6.42 Å². The van der Waals surface area contributed by atoms with E-state index in [0.717, 1.165) is 16.5 Å². The first kappa shape index (κ1) is 9.87. The largest absolute Gasteiger partial charge is 0.381 e. The van der Waals surface area contributed by atoms with E-state index in [4.69, 9.17) is 4.74 Å². The molecule has 0 unspecified atom stereocenters. The van der Waals surface area contributed by atoms with Crippen LogP contribution in [0.4, 0.5) is 0 Å². The summed E-state index contributed by atoms with van der Waals surface area (Å²) in [5.74, 6) is 0.258. The second kappa shape index (κ2) is 4.24. The van der Waals surface area contributed by atoms with E-state index in [1.807, 2.05) is 24.3 Å². The van der Waals surface area contributed by atoms with Gasteiger partial charge in [0.1, 0.15) is 0 Å². The summed E-state index contributed by atoms with van der Waals surface area (Å²) >= 11 is 3.36. The summed E-state index contributed by atoms with van der Waals surface area (Å²) in [6.45, 7) is 1.29. The summed E-state index contributed by atoms with van der Waals surface area (Å²) in [5, 5.41) is 0. The molecule has 14 heavy (non-hydrogen) atoms. The van der Waals surface area contributed by atoms with Crippen LogP contribution in [0.2, 0.25) is 0 Å². The average Bonchev–Trinajstić information content (AvgIpc) is 2.69. The monoisotopic (exact) mass is 254 g/mol. The molecule has 74 valence electrons. The fourth-order valence-electron chi connectivity index (χ4n) is 1.62. The Bertz CT molecular complexity index is 343. The third-order valence-corrected chi connectivity index (χ3v) is 2.90. The highest BCUT2D eigenvalue weighted by molar-refractivity contribution is 9.10. The van der Waals surface area contributed by atoms with E-state index in [1.165, 1.54) is 0 Å². The highest BCUT2D eigenvalue weighted by Gasteiger charge is 2.24. The molecule has 0 radical (unpaired) electrons. The lowest BCUT2D eigenvalue weighted by Crippen LogP contribution is -2.14. The highest BCUT2D eigenvalue weighted by Crippen LogP contribution is 2.20. The normalized spacial score (nSPS) is 21.1. The number of hydrogen-bond donors (Lipinski definition) is 0. The van der Waals surface area contributed by atoms with Crippen molar-refractivity contribution in [3.63, 3.8) is 0 Å². The number of carbonyl (C=O) groups excluding carboxylic acids is 1.